The quantitative estimate of drug-likeness (QED) is 0.0264. The fourth-order valence-electron chi connectivity index (χ4n) is 7.30. The summed E-state index contributed by atoms with van der Waals surface area (Å²) in [5, 5.41) is 0. The molecule has 0 heterocycles. The second kappa shape index (κ2) is 57.4. The highest BCUT2D eigenvalue weighted by atomic mass is 31.2. The maximum atomic E-state index is 12.7. The zero-order chi connectivity index (χ0) is 53.1. The van der Waals surface area contributed by atoms with Crippen LogP contribution in [0, 0.1) is 0 Å². The molecule has 0 rings (SSSR count). The Morgan fingerprint density at radius 1 is 0.425 bits per heavy atom. The van der Waals surface area contributed by atoms with Gasteiger partial charge in [-0.25, -0.2) is 4.57 Å². The number of unbranched alkanes of at least 4 members (excludes halogenated alkanes) is 17. The van der Waals surface area contributed by atoms with E-state index in [1.54, 1.807) is 0 Å². The van der Waals surface area contributed by atoms with E-state index >= 15 is 0 Å². The van der Waals surface area contributed by atoms with Crippen molar-refractivity contribution in [1.82, 2.24) is 0 Å². The molecule has 3 N–H and O–H groups in total. The molecule has 0 aliphatic carbocycles. The summed E-state index contributed by atoms with van der Waals surface area (Å²) in [5.74, 6) is -0.863. The van der Waals surface area contributed by atoms with Crippen LogP contribution in [0.5, 0.6) is 0 Å². The van der Waals surface area contributed by atoms with Crippen molar-refractivity contribution in [3.8, 4) is 0 Å². The molecule has 0 radical (unpaired) electrons. The molecule has 0 aromatic heterocycles. The van der Waals surface area contributed by atoms with Crippen molar-refractivity contribution in [3.05, 3.63) is 134 Å². The van der Waals surface area contributed by atoms with Crippen LogP contribution < -0.4 is 5.73 Å². The van der Waals surface area contributed by atoms with Gasteiger partial charge in [0, 0.05) is 19.4 Å². The van der Waals surface area contributed by atoms with E-state index in [-0.39, 0.29) is 32.6 Å². The summed E-state index contributed by atoms with van der Waals surface area (Å²) >= 11 is 0. The fourth-order valence-corrected chi connectivity index (χ4v) is 8.07. The van der Waals surface area contributed by atoms with Gasteiger partial charge in [0.2, 0.25) is 0 Å². The maximum Gasteiger partial charge on any atom is 0.472 e. The summed E-state index contributed by atoms with van der Waals surface area (Å²) in [6, 6.07) is 0. The molecule has 73 heavy (non-hydrogen) atoms. The molecular formula is C63H104NO8P. The summed E-state index contributed by atoms with van der Waals surface area (Å²) in [6.45, 7) is 3.58. The van der Waals surface area contributed by atoms with Crippen LogP contribution in [0.4, 0.5) is 0 Å². The average Bonchev–Trinajstić information content (AvgIpc) is 3.38. The highest BCUT2D eigenvalue weighted by Gasteiger charge is 2.26. The van der Waals surface area contributed by atoms with Crippen molar-refractivity contribution >= 4 is 19.8 Å². The molecule has 0 spiro atoms. The number of nitrogens with two attached hydrogens (primary N) is 1. The zero-order valence-electron chi connectivity index (χ0n) is 46.1. The molecule has 0 bridgehead atoms. The first-order valence-electron chi connectivity index (χ1n) is 28.7. The van der Waals surface area contributed by atoms with Crippen molar-refractivity contribution in [2.75, 3.05) is 26.4 Å². The molecule has 10 heteroatoms. The Bertz CT molecular complexity index is 1650. The molecule has 2 atom stereocenters. The second-order valence-electron chi connectivity index (χ2n) is 18.4. The van der Waals surface area contributed by atoms with Crippen molar-refractivity contribution in [1.29, 1.82) is 0 Å². The highest BCUT2D eigenvalue weighted by Crippen LogP contribution is 2.43. The number of esters is 2. The van der Waals surface area contributed by atoms with Crippen LogP contribution in [-0.2, 0) is 32.7 Å². The molecular weight excluding hydrogens is 930 g/mol. The maximum absolute atomic E-state index is 12.7. The Labute approximate surface area is 446 Å². The molecule has 9 nitrogen and oxygen atoms in total. The molecule has 0 amide bonds. The lowest BCUT2D eigenvalue weighted by molar-refractivity contribution is -0.161. The van der Waals surface area contributed by atoms with E-state index in [0.717, 1.165) is 135 Å². The normalized spacial score (nSPS) is 14.1. The van der Waals surface area contributed by atoms with Crippen LogP contribution in [0.2, 0.25) is 0 Å². The highest BCUT2D eigenvalue weighted by molar-refractivity contribution is 7.47. The van der Waals surface area contributed by atoms with Crippen molar-refractivity contribution in [2.24, 2.45) is 5.73 Å². The molecule has 2 unspecified atom stereocenters. The number of phosphoric acid groups is 1. The number of carbonyl (C=O) groups is 2. The van der Waals surface area contributed by atoms with Gasteiger partial charge in [-0.15, -0.1) is 0 Å². The monoisotopic (exact) mass is 1030 g/mol. The molecule has 0 aliphatic rings. The van der Waals surface area contributed by atoms with E-state index in [9.17, 15) is 19.0 Å². The molecule has 0 saturated heterocycles. The van der Waals surface area contributed by atoms with Gasteiger partial charge in [0.1, 0.15) is 6.61 Å². The van der Waals surface area contributed by atoms with Crippen molar-refractivity contribution < 1.29 is 37.6 Å². The van der Waals surface area contributed by atoms with E-state index in [1.807, 2.05) is 0 Å². The lowest BCUT2D eigenvalue weighted by Crippen LogP contribution is -2.29. The van der Waals surface area contributed by atoms with Crippen LogP contribution in [0.1, 0.15) is 219 Å². The summed E-state index contributed by atoms with van der Waals surface area (Å²) in [6.07, 6.45) is 80.8. The molecule has 0 saturated carbocycles. The van der Waals surface area contributed by atoms with Crippen LogP contribution >= 0.6 is 7.82 Å². The van der Waals surface area contributed by atoms with E-state index in [0.29, 0.717) is 12.8 Å². The van der Waals surface area contributed by atoms with Crippen LogP contribution in [0.3, 0.4) is 0 Å². The molecule has 0 aromatic rings. The van der Waals surface area contributed by atoms with Crippen molar-refractivity contribution in [2.45, 2.75) is 225 Å². The van der Waals surface area contributed by atoms with Gasteiger partial charge in [-0.1, -0.05) is 225 Å². The second-order valence-corrected chi connectivity index (χ2v) is 19.9. The standard InChI is InChI=1S/C63H104NO8P/c1-3-5-7-9-11-13-15-17-19-20-21-22-23-24-25-26-27-28-29-30-31-32-33-34-35-36-37-38-39-40-42-44-46-48-50-52-54-56-63(66)72-61(60-71-73(67,68)70-58-57-64)59-69-62(65)55-53-51-49-47-45-43-41-18-16-14-12-10-8-6-4-2/h5,7,11,13,17-19,21-22,24-25,27-28,30-31,33-34,36-37,39-41,61H,3-4,6,8-10,12,14-16,20,23,26,29,32,35,38,42-60,64H2,1-2H3,(H,67,68)/b7-5-,13-11-,19-17-,22-21-,25-24-,28-27-,31-30-,34-33-,37-36-,40-39-,41-18-. The minimum atomic E-state index is -4.40. The average molecular weight is 1030 g/mol. The van der Waals surface area contributed by atoms with Gasteiger partial charge in [0.25, 0.3) is 0 Å². The number of carbonyl (C=O) groups excluding carboxylic acids is 2. The number of rotatable bonds is 52. The zero-order valence-corrected chi connectivity index (χ0v) is 47.0. The Morgan fingerprint density at radius 3 is 1.14 bits per heavy atom. The summed E-state index contributed by atoms with van der Waals surface area (Å²) in [5.41, 5.74) is 5.37. The number of phosphoric ester groups is 1. The summed E-state index contributed by atoms with van der Waals surface area (Å²) < 4.78 is 32.9. The first-order chi connectivity index (χ1) is 35.8. The van der Waals surface area contributed by atoms with Gasteiger partial charge in [-0.2, -0.15) is 0 Å². The fraction of sp³-hybridized carbons (Fsp3) is 0.619. The van der Waals surface area contributed by atoms with E-state index in [4.69, 9.17) is 24.3 Å². The number of hydrogen-bond acceptors (Lipinski definition) is 8. The third-order valence-electron chi connectivity index (χ3n) is 11.5. The molecule has 414 valence electrons. The van der Waals surface area contributed by atoms with Gasteiger partial charge in [-0.05, 0) is 116 Å². The molecule has 0 aromatic carbocycles. The van der Waals surface area contributed by atoms with Gasteiger partial charge in [-0.3, -0.25) is 18.6 Å². The van der Waals surface area contributed by atoms with E-state index < -0.39 is 32.5 Å². The van der Waals surface area contributed by atoms with E-state index in [1.165, 1.54) is 44.9 Å². The topological polar surface area (TPSA) is 134 Å². The van der Waals surface area contributed by atoms with Crippen LogP contribution in [0.15, 0.2) is 134 Å². The predicted octanol–water partition coefficient (Wildman–Crippen LogP) is 18.2. The Hall–Kier alpha value is -3.85. The molecule has 0 aliphatic heterocycles. The summed E-state index contributed by atoms with van der Waals surface area (Å²) in [4.78, 5) is 35.1. The Balaban J connectivity index is 4.05. The number of ether oxygens (including phenoxy) is 2. The lowest BCUT2D eigenvalue weighted by atomic mass is 10.1. The smallest absolute Gasteiger partial charge is 0.462 e. The number of hydrogen-bond donors (Lipinski definition) is 2. The van der Waals surface area contributed by atoms with Crippen LogP contribution in [-0.4, -0.2) is 49.3 Å². The van der Waals surface area contributed by atoms with E-state index in [2.05, 4.69) is 148 Å². The Morgan fingerprint density at radius 2 is 0.753 bits per heavy atom. The SMILES string of the molecule is CC/C=C\C/C=C\C/C=C\C/C=C\C/C=C\C/C=C\C/C=C\C/C=C\C/C=C\C/C=C\CCCCCCCCC(=O)OC(COC(=O)CCCCCCC/C=C\CCCCCCCC)COP(=O)(O)OCCN. The van der Waals surface area contributed by atoms with Gasteiger partial charge < -0.3 is 20.1 Å². The Kier molecular flexibility index (Phi) is 54.4. The molecule has 0 fully saturated rings. The number of allylic oxidation sites excluding steroid dienone is 22. The van der Waals surface area contributed by atoms with Crippen molar-refractivity contribution in [3.63, 3.8) is 0 Å². The third-order valence-corrected chi connectivity index (χ3v) is 12.5. The summed E-state index contributed by atoms with van der Waals surface area (Å²) in [7, 11) is -4.40. The first-order valence-corrected chi connectivity index (χ1v) is 30.2. The minimum absolute atomic E-state index is 0.0431. The predicted molar refractivity (Wildman–Crippen MR) is 311 cm³/mol. The van der Waals surface area contributed by atoms with Gasteiger partial charge >= 0.3 is 19.8 Å². The van der Waals surface area contributed by atoms with Gasteiger partial charge in [0.05, 0.1) is 13.2 Å². The largest absolute Gasteiger partial charge is 0.472 e. The van der Waals surface area contributed by atoms with Crippen LogP contribution in [0.25, 0.3) is 0 Å². The third kappa shape index (κ3) is 57.3. The minimum Gasteiger partial charge on any atom is -0.462 e. The van der Waals surface area contributed by atoms with Gasteiger partial charge in [0.15, 0.2) is 6.10 Å². The lowest BCUT2D eigenvalue weighted by Gasteiger charge is -2.19. The first kappa shape index (κ1) is 69.2.